The molecular formula is C47H50N2O8. The number of benzene rings is 6. The maximum absolute atomic E-state index is 12.5. The largest absolute Gasteiger partial charge is 0.507 e. The third kappa shape index (κ3) is 5.92. The summed E-state index contributed by atoms with van der Waals surface area (Å²) in [5.41, 5.74) is 7.98. The molecule has 4 atom stereocenters. The molecule has 1 unspecified atom stereocenters. The van der Waals surface area contributed by atoms with Crippen LogP contribution in [0, 0.1) is 13.8 Å². The van der Waals surface area contributed by atoms with Crippen molar-refractivity contribution < 1.29 is 39.7 Å². The zero-order valence-electron chi connectivity index (χ0n) is 33.8. The number of ether oxygens (including phenoxy) is 3. The highest BCUT2D eigenvalue weighted by molar-refractivity contribution is 6.13. The molecule has 0 bridgehead atoms. The number of hydrogen-bond acceptors (Lipinski definition) is 10. The van der Waals surface area contributed by atoms with E-state index in [1.54, 1.807) is 33.5 Å². The molecule has 10 nitrogen and oxygen atoms in total. The van der Waals surface area contributed by atoms with Gasteiger partial charge >= 0.3 is 0 Å². The number of fused-ring (bicyclic) bond motifs is 4. The molecule has 0 saturated heterocycles. The average molecular weight is 771 g/mol. The van der Waals surface area contributed by atoms with Crippen LogP contribution in [0.25, 0.3) is 54.9 Å². The number of nitrogens with one attached hydrogen (secondary N) is 2. The summed E-state index contributed by atoms with van der Waals surface area (Å²) in [7, 11) is 4.69. The fourth-order valence-corrected chi connectivity index (χ4v) is 9.75. The van der Waals surface area contributed by atoms with Gasteiger partial charge in [-0.1, -0.05) is 12.1 Å². The lowest BCUT2D eigenvalue weighted by atomic mass is 9.80. The Labute approximate surface area is 332 Å². The van der Waals surface area contributed by atoms with E-state index in [0.717, 1.165) is 27.8 Å². The molecule has 57 heavy (non-hydrogen) atoms. The number of phenolic OH excluding ortho intramolecular Hbond substituents is 5. The van der Waals surface area contributed by atoms with Gasteiger partial charge in [-0.3, -0.25) is 0 Å². The van der Waals surface area contributed by atoms with Gasteiger partial charge in [0.1, 0.15) is 46.0 Å². The van der Waals surface area contributed by atoms with Gasteiger partial charge in [0.25, 0.3) is 0 Å². The Balaban J connectivity index is 1.55. The van der Waals surface area contributed by atoms with Crippen molar-refractivity contribution in [1.82, 2.24) is 10.6 Å². The minimum atomic E-state index is -0.200. The summed E-state index contributed by atoms with van der Waals surface area (Å²) in [5.74, 6) is 1.03. The normalized spacial score (nSPS) is 19.0. The molecule has 0 aromatic heterocycles. The Bertz CT molecular complexity index is 2650. The molecule has 6 aromatic rings. The molecule has 2 heterocycles. The Morgan fingerprint density at radius 2 is 0.912 bits per heavy atom. The average Bonchev–Trinajstić information content (AvgIpc) is 3.14. The number of aryl methyl sites for hydroxylation is 2. The third-order valence-corrected chi connectivity index (χ3v) is 11.9. The van der Waals surface area contributed by atoms with Crippen LogP contribution in [0.15, 0.2) is 48.5 Å². The number of methoxy groups -OCH3 is 3. The molecular weight excluding hydrogens is 721 g/mol. The molecule has 0 saturated carbocycles. The van der Waals surface area contributed by atoms with Crippen LogP contribution >= 0.6 is 0 Å². The lowest BCUT2D eigenvalue weighted by Crippen LogP contribution is -2.36. The highest BCUT2D eigenvalue weighted by atomic mass is 16.5. The van der Waals surface area contributed by atoms with Gasteiger partial charge in [0, 0.05) is 69.7 Å². The first kappa shape index (κ1) is 38.1. The summed E-state index contributed by atoms with van der Waals surface area (Å²) in [4.78, 5) is 0. The zero-order chi connectivity index (χ0) is 40.8. The summed E-state index contributed by atoms with van der Waals surface area (Å²) in [6.07, 6.45) is 1.12. The predicted molar refractivity (Wildman–Crippen MR) is 225 cm³/mol. The van der Waals surface area contributed by atoms with Crippen molar-refractivity contribution in [1.29, 1.82) is 0 Å². The van der Waals surface area contributed by atoms with Crippen LogP contribution in [0.3, 0.4) is 0 Å². The van der Waals surface area contributed by atoms with Crippen molar-refractivity contribution >= 4 is 21.5 Å². The van der Waals surface area contributed by atoms with E-state index in [1.807, 2.05) is 51.1 Å². The van der Waals surface area contributed by atoms with Gasteiger partial charge in [-0.05, 0) is 123 Å². The zero-order valence-corrected chi connectivity index (χ0v) is 33.8. The maximum Gasteiger partial charge on any atom is 0.135 e. The second-order valence-corrected chi connectivity index (χ2v) is 16.0. The van der Waals surface area contributed by atoms with E-state index >= 15 is 0 Å². The van der Waals surface area contributed by atoms with Crippen LogP contribution in [0.4, 0.5) is 0 Å². The van der Waals surface area contributed by atoms with Gasteiger partial charge < -0.3 is 50.4 Å². The smallest absolute Gasteiger partial charge is 0.135 e. The second-order valence-electron chi connectivity index (χ2n) is 16.0. The van der Waals surface area contributed by atoms with Crippen molar-refractivity contribution in [2.75, 3.05) is 21.3 Å². The highest BCUT2D eigenvalue weighted by Crippen LogP contribution is 2.56. The van der Waals surface area contributed by atoms with Crippen LogP contribution in [0.5, 0.6) is 46.0 Å². The number of rotatable bonds is 6. The van der Waals surface area contributed by atoms with E-state index in [0.29, 0.717) is 79.5 Å². The molecule has 0 amide bonds. The van der Waals surface area contributed by atoms with Gasteiger partial charge in [0.05, 0.1) is 32.1 Å². The topological polar surface area (TPSA) is 153 Å². The van der Waals surface area contributed by atoms with Crippen molar-refractivity contribution in [3.05, 3.63) is 81.9 Å². The Morgan fingerprint density at radius 3 is 1.37 bits per heavy atom. The molecule has 6 aromatic carbocycles. The van der Waals surface area contributed by atoms with Crippen LogP contribution in [-0.4, -0.2) is 58.9 Å². The molecule has 2 aliphatic heterocycles. The number of hydrogen-bond donors (Lipinski definition) is 7. The number of aromatic hydroxyl groups is 5. The van der Waals surface area contributed by atoms with Gasteiger partial charge in [0.2, 0.25) is 0 Å². The monoisotopic (exact) mass is 770 g/mol. The SMILES string of the molecule is COc1cc(O)c(-c2cc(-c3cc(-c4c(O)cc(O)c5c4CC(C)N[C@@H]5C)c4cc(C)cc(OC)c4c3O)c(O)c3c(OC)cc(C)cc23)c2c1[C@@H](C)N[C@H](C)C2. The van der Waals surface area contributed by atoms with Crippen molar-refractivity contribution in [3.63, 3.8) is 0 Å². The van der Waals surface area contributed by atoms with E-state index < -0.39 is 0 Å². The lowest BCUT2D eigenvalue weighted by Gasteiger charge is -2.33. The molecule has 8 rings (SSSR count). The fourth-order valence-electron chi connectivity index (χ4n) is 9.75. The van der Waals surface area contributed by atoms with Gasteiger partial charge in [-0.25, -0.2) is 0 Å². The van der Waals surface area contributed by atoms with E-state index in [-0.39, 0.29) is 64.0 Å². The summed E-state index contributed by atoms with van der Waals surface area (Å²) in [5, 5.41) is 69.2. The Morgan fingerprint density at radius 1 is 0.491 bits per heavy atom. The third-order valence-electron chi connectivity index (χ3n) is 11.9. The second kappa shape index (κ2) is 14.0. The molecule has 0 radical (unpaired) electrons. The Hall–Kier alpha value is -5.84. The minimum Gasteiger partial charge on any atom is -0.507 e. The fraction of sp³-hybridized carbons (Fsp3) is 0.319. The minimum absolute atomic E-state index is 0.00381. The van der Waals surface area contributed by atoms with Crippen molar-refractivity contribution in [2.45, 2.75) is 78.6 Å². The van der Waals surface area contributed by atoms with E-state index in [1.165, 1.54) is 6.07 Å². The molecule has 0 fully saturated rings. The first-order valence-corrected chi connectivity index (χ1v) is 19.4. The standard InChI is InChI=1S/C47H50N2O8/c1-20-10-26-28(42-32-14-22(3)48-24(5)40(32)34(50)18-35(42)51)16-30(46(53)44(26)37(12-20)55-7)31-17-29(27-11-21(2)13-38(56-8)45(27)47(31)54)43-33-15-23(4)49-25(6)41(33)39(57-9)19-36(43)52/h10-13,16-19,22-25,48-54H,14-15H2,1-9H3/t22?,23-,24-,25-/m1/s1. The summed E-state index contributed by atoms with van der Waals surface area (Å²) in [6, 6.07) is 14.1. The van der Waals surface area contributed by atoms with Gasteiger partial charge in [0.15, 0.2) is 0 Å². The maximum atomic E-state index is 12.5. The summed E-state index contributed by atoms with van der Waals surface area (Å²) >= 11 is 0. The molecule has 10 heteroatoms. The molecule has 7 N–H and O–H groups in total. The predicted octanol–water partition coefficient (Wildman–Crippen LogP) is 9.36. The molecule has 0 spiro atoms. The van der Waals surface area contributed by atoms with Crippen LogP contribution < -0.4 is 24.8 Å². The first-order valence-electron chi connectivity index (χ1n) is 19.4. The van der Waals surface area contributed by atoms with E-state index in [9.17, 15) is 25.5 Å². The Kier molecular flexibility index (Phi) is 9.32. The number of phenols is 5. The van der Waals surface area contributed by atoms with Gasteiger partial charge in [-0.2, -0.15) is 0 Å². The lowest BCUT2D eigenvalue weighted by molar-refractivity contribution is 0.377. The van der Waals surface area contributed by atoms with Gasteiger partial charge in [-0.15, -0.1) is 0 Å². The van der Waals surface area contributed by atoms with E-state index in [4.69, 9.17) is 14.2 Å². The van der Waals surface area contributed by atoms with E-state index in [2.05, 4.69) is 31.4 Å². The summed E-state index contributed by atoms with van der Waals surface area (Å²) < 4.78 is 17.7. The molecule has 2 aliphatic rings. The molecule has 0 aliphatic carbocycles. The van der Waals surface area contributed by atoms with Crippen molar-refractivity contribution in [3.8, 4) is 79.4 Å². The summed E-state index contributed by atoms with van der Waals surface area (Å²) in [6.45, 7) is 12.1. The first-order chi connectivity index (χ1) is 27.2. The van der Waals surface area contributed by atoms with Crippen LogP contribution in [0.1, 0.15) is 73.2 Å². The highest BCUT2D eigenvalue weighted by Gasteiger charge is 2.34. The van der Waals surface area contributed by atoms with Crippen molar-refractivity contribution in [2.24, 2.45) is 0 Å². The molecule has 296 valence electrons. The quantitative estimate of drug-likeness (QED) is 0.0872. The van der Waals surface area contributed by atoms with Crippen LogP contribution in [-0.2, 0) is 12.8 Å². The van der Waals surface area contributed by atoms with Crippen LogP contribution in [0.2, 0.25) is 0 Å².